The molecule has 0 saturated carbocycles. The summed E-state index contributed by atoms with van der Waals surface area (Å²) in [5.74, 6) is -1.24. The molecular formula is C14H14N2O3. The van der Waals surface area contributed by atoms with Crippen LogP contribution in [0.4, 0.5) is 0 Å². The van der Waals surface area contributed by atoms with Gasteiger partial charge in [-0.3, -0.25) is 19.3 Å². The fourth-order valence-electron chi connectivity index (χ4n) is 3.21. The Morgan fingerprint density at radius 1 is 1.32 bits per heavy atom. The summed E-state index contributed by atoms with van der Waals surface area (Å²) in [5, 5.41) is 0. The minimum Gasteiger partial charge on any atom is -0.368 e. The van der Waals surface area contributed by atoms with Gasteiger partial charge in [0.25, 0.3) is 0 Å². The van der Waals surface area contributed by atoms with Gasteiger partial charge >= 0.3 is 0 Å². The van der Waals surface area contributed by atoms with Crippen LogP contribution in [-0.2, 0) is 26.2 Å². The van der Waals surface area contributed by atoms with Crippen molar-refractivity contribution in [1.82, 2.24) is 4.90 Å². The molecule has 1 spiro atoms. The second-order valence-electron chi connectivity index (χ2n) is 5.17. The first-order chi connectivity index (χ1) is 9.04. The molecule has 1 aliphatic heterocycles. The predicted octanol–water partition coefficient (Wildman–Crippen LogP) is 0.115. The summed E-state index contributed by atoms with van der Waals surface area (Å²) in [6.07, 6.45) is 1.57. The molecule has 5 heteroatoms. The maximum Gasteiger partial charge on any atom is 0.240 e. The lowest BCUT2D eigenvalue weighted by atomic mass is 9.80. The van der Waals surface area contributed by atoms with Crippen LogP contribution in [0.1, 0.15) is 24.0 Å². The van der Waals surface area contributed by atoms with Gasteiger partial charge in [-0.2, -0.15) is 0 Å². The number of hydrogen-bond donors (Lipinski definition) is 1. The van der Waals surface area contributed by atoms with Crippen molar-refractivity contribution in [1.29, 1.82) is 0 Å². The number of nitrogens with two attached hydrogens (primary N) is 1. The Bertz CT molecular complexity index is 596. The van der Waals surface area contributed by atoms with Crippen LogP contribution in [0.2, 0.25) is 0 Å². The molecule has 3 amide bonds. The number of rotatable bonds is 2. The standard InChI is InChI=1S/C14H14N2O3/c15-11(17)8-16-12(18)7-14(13(16)19)6-5-9-3-1-2-4-10(9)14/h1-4H,5-8H2,(H2,15,17). The van der Waals surface area contributed by atoms with Crippen molar-refractivity contribution in [3.05, 3.63) is 35.4 Å². The molecule has 1 saturated heterocycles. The molecule has 1 atom stereocenters. The molecule has 0 aromatic heterocycles. The normalized spacial score (nSPS) is 25.2. The Morgan fingerprint density at radius 3 is 2.79 bits per heavy atom. The predicted molar refractivity (Wildman–Crippen MR) is 67.0 cm³/mol. The zero-order valence-electron chi connectivity index (χ0n) is 10.4. The van der Waals surface area contributed by atoms with E-state index in [9.17, 15) is 14.4 Å². The molecule has 1 unspecified atom stereocenters. The lowest BCUT2D eigenvalue weighted by Gasteiger charge is -2.22. The number of carbonyl (C=O) groups excluding carboxylic acids is 3. The van der Waals surface area contributed by atoms with Crippen LogP contribution >= 0.6 is 0 Å². The summed E-state index contributed by atoms with van der Waals surface area (Å²) < 4.78 is 0. The van der Waals surface area contributed by atoms with E-state index in [-0.39, 0.29) is 24.8 Å². The number of primary amides is 1. The van der Waals surface area contributed by atoms with Crippen LogP contribution in [0.25, 0.3) is 0 Å². The fourth-order valence-corrected chi connectivity index (χ4v) is 3.21. The van der Waals surface area contributed by atoms with E-state index in [2.05, 4.69) is 0 Å². The van der Waals surface area contributed by atoms with Gasteiger partial charge in [0.05, 0.1) is 5.41 Å². The molecule has 2 aliphatic rings. The quantitative estimate of drug-likeness (QED) is 0.765. The highest BCUT2D eigenvalue weighted by atomic mass is 16.2. The lowest BCUT2D eigenvalue weighted by molar-refractivity contribution is -0.143. The zero-order chi connectivity index (χ0) is 13.6. The van der Waals surface area contributed by atoms with Gasteiger partial charge in [-0.25, -0.2) is 0 Å². The van der Waals surface area contributed by atoms with Crippen molar-refractivity contribution in [2.24, 2.45) is 5.73 Å². The molecule has 1 aromatic carbocycles. The Labute approximate surface area is 110 Å². The highest BCUT2D eigenvalue weighted by Gasteiger charge is 2.55. The van der Waals surface area contributed by atoms with E-state index in [4.69, 9.17) is 5.73 Å². The summed E-state index contributed by atoms with van der Waals surface area (Å²) in [6, 6.07) is 7.69. The van der Waals surface area contributed by atoms with Crippen LogP contribution < -0.4 is 5.73 Å². The lowest BCUT2D eigenvalue weighted by Crippen LogP contribution is -2.41. The molecule has 1 fully saturated rings. The van der Waals surface area contributed by atoms with Gasteiger partial charge < -0.3 is 5.73 Å². The molecule has 0 bridgehead atoms. The maximum atomic E-state index is 12.5. The van der Waals surface area contributed by atoms with Crippen molar-refractivity contribution in [2.75, 3.05) is 6.54 Å². The second kappa shape index (κ2) is 3.91. The zero-order valence-corrected chi connectivity index (χ0v) is 10.4. The van der Waals surface area contributed by atoms with Gasteiger partial charge in [0.1, 0.15) is 6.54 Å². The van der Waals surface area contributed by atoms with Crippen LogP contribution in [0, 0.1) is 0 Å². The Morgan fingerprint density at radius 2 is 2.05 bits per heavy atom. The molecule has 98 valence electrons. The molecule has 5 nitrogen and oxygen atoms in total. The summed E-state index contributed by atoms with van der Waals surface area (Å²) in [7, 11) is 0. The highest BCUT2D eigenvalue weighted by molar-refractivity contribution is 6.11. The molecule has 3 rings (SSSR count). The monoisotopic (exact) mass is 258 g/mol. The average molecular weight is 258 g/mol. The third-order valence-electron chi connectivity index (χ3n) is 4.08. The van der Waals surface area contributed by atoms with E-state index in [0.29, 0.717) is 6.42 Å². The number of benzene rings is 1. The smallest absolute Gasteiger partial charge is 0.240 e. The summed E-state index contributed by atoms with van der Waals surface area (Å²) >= 11 is 0. The van der Waals surface area contributed by atoms with Gasteiger partial charge in [0.2, 0.25) is 17.7 Å². The summed E-state index contributed by atoms with van der Waals surface area (Å²) in [4.78, 5) is 36.5. The van der Waals surface area contributed by atoms with Crippen molar-refractivity contribution in [3.63, 3.8) is 0 Å². The molecule has 2 N–H and O–H groups in total. The topological polar surface area (TPSA) is 80.5 Å². The van der Waals surface area contributed by atoms with Crippen molar-refractivity contribution >= 4 is 17.7 Å². The van der Waals surface area contributed by atoms with E-state index in [1.54, 1.807) is 0 Å². The largest absolute Gasteiger partial charge is 0.368 e. The number of carbonyl (C=O) groups is 3. The fraction of sp³-hybridized carbons (Fsp3) is 0.357. The van der Waals surface area contributed by atoms with E-state index in [1.807, 2.05) is 24.3 Å². The van der Waals surface area contributed by atoms with E-state index >= 15 is 0 Å². The number of hydrogen-bond acceptors (Lipinski definition) is 3. The van der Waals surface area contributed by atoms with Crippen LogP contribution in [0.5, 0.6) is 0 Å². The second-order valence-corrected chi connectivity index (χ2v) is 5.17. The number of nitrogens with zero attached hydrogens (tertiary/aromatic N) is 1. The molecule has 1 heterocycles. The average Bonchev–Trinajstić information content (AvgIpc) is 2.85. The van der Waals surface area contributed by atoms with Crippen molar-refractivity contribution in [2.45, 2.75) is 24.7 Å². The third kappa shape index (κ3) is 1.58. The van der Waals surface area contributed by atoms with Gasteiger partial charge in [0.15, 0.2) is 0 Å². The number of fused-ring (bicyclic) bond motifs is 2. The Balaban J connectivity index is 2.02. The van der Waals surface area contributed by atoms with Crippen molar-refractivity contribution < 1.29 is 14.4 Å². The van der Waals surface area contributed by atoms with Crippen LogP contribution in [0.15, 0.2) is 24.3 Å². The Hall–Kier alpha value is -2.17. The summed E-state index contributed by atoms with van der Waals surface area (Å²) in [5.41, 5.74) is 6.38. The molecule has 19 heavy (non-hydrogen) atoms. The number of aryl methyl sites for hydroxylation is 1. The summed E-state index contributed by atoms with van der Waals surface area (Å²) in [6.45, 7) is -0.318. The Kier molecular flexibility index (Phi) is 2.45. The van der Waals surface area contributed by atoms with Crippen LogP contribution in [-0.4, -0.2) is 29.2 Å². The van der Waals surface area contributed by atoms with E-state index in [1.165, 1.54) is 0 Å². The van der Waals surface area contributed by atoms with Gasteiger partial charge in [-0.15, -0.1) is 0 Å². The first-order valence-electron chi connectivity index (χ1n) is 6.26. The van der Waals surface area contributed by atoms with Gasteiger partial charge in [0, 0.05) is 6.42 Å². The SMILES string of the molecule is NC(=O)CN1C(=O)CC2(CCc3ccccc32)C1=O. The van der Waals surface area contributed by atoms with E-state index in [0.717, 1.165) is 22.4 Å². The van der Waals surface area contributed by atoms with Gasteiger partial charge in [-0.1, -0.05) is 24.3 Å². The first kappa shape index (κ1) is 11.9. The number of amides is 3. The van der Waals surface area contributed by atoms with Crippen molar-refractivity contribution in [3.8, 4) is 0 Å². The highest BCUT2D eigenvalue weighted by Crippen LogP contribution is 2.46. The molecule has 1 aliphatic carbocycles. The molecule has 1 aromatic rings. The van der Waals surface area contributed by atoms with E-state index < -0.39 is 11.3 Å². The number of likely N-dealkylation sites (tertiary alicyclic amines) is 1. The minimum atomic E-state index is -0.761. The first-order valence-corrected chi connectivity index (χ1v) is 6.26. The third-order valence-corrected chi connectivity index (χ3v) is 4.08. The van der Waals surface area contributed by atoms with Gasteiger partial charge in [-0.05, 0) is 24.0 Å². The minimum absolute atomic E-state index is 0.149. The molecular weight excluding hydrogens is 244 g/mol. The maximum absolute atomic E-state index is 12.5. The molecule has 0 radical (unpaired) electrons. The van der Waals surface area contributed by atoms with Crippen LogP contribution in [0.3, 0.4) is 0 Å². The number of imide groups is 1.